The Morgan fingerprint density at radius 3 is 2.85 bits per heavy atom. The molecule has 1 aliphatic rings. The standard InChI is InChI=1S/C18H16N4O4S/c23-16-4-2-14(22(24)25)9-12(16)11-19-13-1-3-15-17(10-13)27-18(20-15)21-5-7-26-8-6-21/h1-4,9-11,23H,5-8H2. The van der Waals surface area contributed by atoms with Crippen LogP contribution in [-0.2, 0) is 4.74 Å². The molecule has 0 spiro atoms. The van der Waals surface area contributed by atoms with Gasteiger partial charge in [0.2, 0.25) is 0 Å². The predicted octanol–water partition coefficient (Wildman–Crippen LogP) is 3.50. The van der Waals surface area contributed by atoms with Gasteiger partial charge in [-0.25, -0.2) is 4.98 Å². The van der Waals surface area contributed by atoms with Crippen LogP contribution in [0, 0.1) is 10.1 Å². The van der Waals surface area contributed by atoms with Gasteiger partial charge in [0.1, 0.15) is 5.75 Å². The summed E-state index contributed by atoms with van der Waals surface area (Å²) in [6.45, 7) is 3.07. The summed E-state index contributed by atoms with van der Waals surface area (Å²) < 4.78 is 6.38. The zero-order valence-electron chi connectivity index (χ0n) is 14.2. The summed E-state index contributed by atoms with van der Waals surface area (Å²) in [5.41, 5.74) is 1.79. The van der Waals surface area contributed by atoms with Crippen LogP contribution >= 0.6 is 11.3 Å². The van der Waals surface area contributed by atoms with Crippen LogP contribution in [0.3, 0.4) is 0 Å². The summed E-state index contributed by atoms with van der Waals surface area (Å²) >= 11 is 1.60. The van der Waals surface area contributed by atoms with Gasteiger partial charge in [0.05, 0.1) is 34.0 Å². The number of nitrogens with zero attached hydrogens (tertiary/aromatic N) is 4. The average molecular weight is 384 g/mol. The number of hydrogen-bond acceptors (Lipinski definition) is 8. The van der Waals surface area contributed by atoms with E-state index in [1.54, 1.807) is 11.3 Å². The van der Waals surface area contributed by atoms with Crippen LogP contribution in [0.4, 0.5) is 16.5 Å². The second-order valence-electron chi connectivity index (χ2n) is 6.01. The fourth-order valence-corrected chi connectivity index (χ4v) is 3.82. The number of phenols is 1. The molecule has 4 rings (SSSR count). The van der Waals surface area contributed by atoms with E-state index in [0.717, 1.165) is 28.4 Å². The first-order valence-corrected chi connectivity index (χ1v) is 9.16. The SMILES string of the molecule is O=[N+]([O-])c1ccc(O)c(C=Nc2ccc3nc(N4CCOCC4)sc3c2)c1. The van der Waals surface area contributed by atoms with Crippen LogP contribution in [0.2, 0.25) is 0 Å². The molecule has 8 nitrogen and oxygen atoms in total. The van der Waals surface area contributed by atoms with Crippen LogP contribution in [0.15, 0.2) is 41.4 Å². The molecule has 1 aromatic heterocycles. The molecule has 2 aromatic carbocycles. The van der Waals surface area contributed by atoms with E-state index >= 15 is 0 Å². The van der Waals surface area contributed by atoms with Gasteiger partial charge < -0.3 is 14.7 Å². The highest BCUT2D eigenvalue weighted by atomic mass is 32.1. The molecule has 0 saturated carbocycles. The fourth-order valence-electron chi connectivity index (χ4n) is 2.77. The minimum Gasteiger partial charge on any atom is -0.507 e. The summed E-state index contributed by atoms with van der Waals surface area (Å²) in [6.07, 6.45) is 1.42. The van der Waals surface area contributed by atoms with Gasteiger partial charge in [-0.1, -0.05) is 11.3 Å². The fraction of sp³-hybridized carbons (Fsp3) is 0.222. The van der Waals surface area contributed by atoms with E-state index in [1.807, 2.05) is 18.2 Å². The summed E-state index contributed by atoms with van der Waals surface area (Å²) in [5, 5.41) is 21.7. The van der Waals surface area contributed by atoms with Crippen molar-refractivity contribution in [1.82, 2.24) is 4.98 Å². The number of nitro groups is 1. The Balaban J connectivity index is 1.60. The van der Waals surface area contributed by atoms with Crippen molar-refractivity contribution in [3.63, 3.8) is 0 Å². The quantitative estimate of drug-likeness (QED) is 0.420. The monoisotopic (exact) mass is 384 g/mol. The molecule has 2 heterocycles. The number of ether oxygens (including phenoxy) is 1. The summed E-state index contributed by atoms with van der Waals surface area (Å²) in [7, 11) is 0. The van der Waals surface area contributed by atoms with E-state index < -0.39 is 4.92 Å². The maximum Gasteiger partial charge on any atom is 0.270 e. The van der Waals surface area contributed by atoms with Crippen LogP contribution in [0.5, 0.6) is 5.75 Å². The number of nitro benzene ring substituents is 1. The number of aromatic nitrogens is 1. The van der Waals surface area contributed by atoms with E-state index in [2.05, 4.69) is 14.9 Å². The van der Waals surface area contributed by atoms with Crippen LogP contribution in [0.25, 0.3) is 10.2 Å². The number of thiazole rings is 1. The molecule has 1 aliphatic heterocycles. The number of phenolic OH excluding ortho intramolecular Hbond substituents is 1. The normalized spacial score (nSPS) is 14.9. The zero-order valence-corrected chi connectivity index (χ0v) is 15.1. The second-order valence-corrected chi connectivity index (χ2v) is 7.02. The highest BCUT2D eigenvalue weighted by Gasteiger charge is 2.15. The highest BCUT2D eigenvalue weighted by molar-refractivity contribution is 7.22. The van der Waals surface area contributed by atoms with Crippen molar-refractivity contribution in [2.24, 2.45) is 4.99 Å². The first-order valence-electron chi connectivity index (χ1n) is 8.35. The Kier molecular flexibility index (Phi) is 4.69. The van der Waals surface area contributed by atoms with Crippen molar-refractivity contribution in [2.75, 3.05) is 31.2 Å². The molecule has 0 bridgehead atoms. The Bertz CT molecular complexity index is 1030. The largest absolute Gasteiger partial charge is 0.507 e. The van der Waals surface area contributed by atoms with Crippen molar-refractivity contribution in [1.29, 1.82) is 0 Å². The smallest absolute Gasteiger partial charge is 0.270 e. The van der Waals surface area contributed by atoms with Crippen molar-refractivity contribution in [3.05, 3.63) is 52.1 Å². The Morgan fingerprint density at radius 1 is 1.26 bits per heavy atom. The lowest BCUT2D eigenvalue weighted by atomic mass is 10.2. The van der Waals surface area contributed by atoms with Gasteiger partial charge >= 0.3 is 0 Å². The zero-order chi connectivity index (χ0) is 18.8. The molecule has 0 unspecified atom stereocenters. The third kappa shape index (κ3) is 3.74. The van der Waals surface area contributed by atoms with Crippen molar-refractivity contribution < 1.29 is 14.8 Å². The number of aliphatic imine (C=N–C) groups is 1. The minimum atomic E-state index is -0.507. The van der Waals surface area contributed by atoms with Gasteiger partial charge in [0.25, 0.3) is 5.69 Å². The van der Waals surface area contributed by atoms with E-state index in [4.69, 9.17) is 4.74 Å². The molecule has 9 heteroatoms. The summed E-state index contributed by atoms with van der Waals surface area (Å²) in [4.78, 5) is 21.6. The summed E-state index contributed by atoms with van der Waals surface area (Å²) in [6, 6.07) is 9.48. The summed E-state index contributed by atoms with van der Waals surface area (Å²) in [5.74, 6) is -0.0576. The van der Waals surface area contributed by atoms with Crippen LogP contribution in [-0.4, -0.2) is 47.5 Å². The van der Waals surface area contributed by atoms with Crippen LogP contribution < -0.4 is 4.90 Å². The van der Waals surface area contributed by atoms with Gasteiger partial charge in [-0.3, -0.25) is 15.1 Å². The van der Waals surface area contributed by atoms with Crippen molar-refractivity contribution in [3.8, 4) is 5.75 Å². The van der Waals surface area contributed by atoms with Gasteiger partial charge in [0, 0.05) is 37.0 Å². The maximum absolute atomic E-state index is 10.9. The van der Waals surface area contributed by atoms with E-state index in [1.165, 1.54) is 24.4 Å². The van der Waals surface area contributed by atoms with Crippen molar-refractivity contribution in [2.45, 2.75) is 0 Å². The molecule has 3 aromatic rings. The van der Waals surface area contributed by atoms with E-state index in [9.17, 15) is 15.2 Å². The molecule has 138 valence electrons. The Hall–Kier alpha value is -3.04. The molecule has 0 amide bonds. The van der Waals surface area contributed by atoms with Gasteiger partial charge in [-0.05, 0) is 24.3 Å². The molecule has 1 fully saturated rings. The third-order valence-corrected chi connectivity index (χ3v) is 5.30. The van der Waals surface area contributed by atoms with Gasteiger partial charge in [-0.2, -0.15) is 0 Å². The van der Waals surface area contributed by atoms with Crippen molar-refractivity contribution >= 4 is 44.3 Å². The molecule has 0 radical (unpaired) electrons. The van der Waals surface area contributed by atoms with E-state index in [0.29, 0.717) is 24.5 Å². The number of morpholine rings is 1. The first-order chi connectivity index (χ1) is 13.1. The number of non-ortho nitro benzene ring substituents is 1. The molecule has 1 saturated heterocycles. The number of rotatable bonds is 4. The Labute approximate surface area is 158 Å². The average Bonchev–Trinajstić information content (AvgIpc) is 3.11. The number of hydrogen-bond donors (Lipinski definition) is 1. The lowest BCUT2D eigenvalue weighted by Crippen LogP contribution is -2.36. The number of anilines is 1. The highest BCUT2D eigenvalue weighted by Crippen LogP contribution is 2.32. The maximum atomic E-state index is 10.9. The molecule has 1 N–H and O–H groups in total. The molecule has 0 aliphatic carbocycles. The van der Waals surface area contributed by atoms with Crippen LogP contribution in [0.1, 0.15) is 5.56 Å². The third-order valence-electron chi connectivity index (χ3n) is 4.22. The topological polar surface area (TPSA) is 101 Å². The minimum absolute atomic E-state index is 0.0576. The molecule has 0 atom stereocenters. The lowest BCUT2D eigenvalue weighted by Gasteiger charge is -2.25. The number of fused-ring (bicyclic) bond motifs is 1. The predicted molar refractivity (Wildman–Crippen MR) is 105 cm³/mol. The second kappa shape index (κ2) is 7.29. The lowest BCUT2D eigenvalue weighted by molar-refractivity contribution is -0.384. The number of benzene rings is 2. The van der Waals surface area contributed by atoms with E-state index in [-0.39, 0.29) is 11.4 Å². The molecular formula is C18H16N4O4S. The number of aromatic hydroxyl groups is 1. The molecule has 27 heavy (non-hydrogen) atoms. The first kappa shape index (κ1) is 17.4. The molecular weight excluding hydrogens is 368 g/mol. The Morgan fingerprint density at radius 2 is 2.07 bits per heavy atom. The van der Waals surface area contributed by atoms with Gasteiger partial charge in [-0.15, -0.1) is 0 Å². The van der Waals surface area contributed by atoms with Gasteiger partial charge in [0.15, 0.2) is 5.13 Å².